The topological polar surface area (TPSA) is 76.1 Å². The number of alkyl carbamates (subject to hydrolysis) is 1. The summed E-state index contributed by atoms with van der Waals surface area (Å²) in [5, 5.41) is 9.70. The number of fused-ring (bicyclic) bond motifs is 1. The van der Waals surface area contributed by atoms with Crippen LogP contribution in [-0.4, -0.2) is 33.7 Å². The van der Waals surface area contributed by atoms with Crippen molar-refractivity contribution >= 4 is 45.1 Å². The molecule has 8 heteroatoms. The summed E-state index contributed by atoms with van der Waals surface area (Å²) in [4.78, 5) is 21.3. The first-order valence-electron chi connectivity index (χ1n) is 8.47. The summed E-state index contributed by atoms with van der Waals surface area (Å²) in [6.07, 6.45) is 3.37. The minimum atomic E-state index is -0.471. The normalized spacial score (nSPS) is 21.1. The maximum atomic E-state index is 11.9. The van der Waals surface area contributed by atoms with Crippen molar-refractivity contribution in [2.24, 2.45) is 0 Å². The summed E-state index contributed by atoms with van der Waals surface area (Å²) in [6.45, 7) is 5.60. The Labute approximate surface area is 156 Å². The number of nitrogens with one attached hydrogen (secondary N) is 2. The van der Waals surface area contributed by atoms with Gasteiger partial charge in [0, 0.05) is 12.1 Å². The number of rotatable bonds is 3. The zero-order valence-electron chi connectivity index (χ0n) is 14.6. The molecule has 2 N–H and O–H groups in total. The molecule has 0 unspecified atom stereocenters. The van der Waals surface area contributed by atoms with Crippen LogP contribution in [0.1, 0.15) is 46.5 Å². The maximum absolute atomic E-state index is 11.9. The monoisotopic (exact) mass is 382 g/mol. The molecule has 0 aliphatic heterocycles. The fourth-order valence-corrected chi connectivity index (χ4v) is 3.97. The van der Waals surface area contributed by atoms with Gasteiger partial charge in [-0.25, -0.2) is 14.8 Å². The molecule has 1 aliphatic rings. The number of carbonyl (C=O) groups excluding carboxylic acids is 1. The Morgan fingerprint density at radius 2 is 1.92 bits per heavy atom. The number of thiophene rings is 1. The van der Waals surface area contributed by atoms with Gasteiger partial charge < -0.3 is 15.4 Å². The first kappa shape index (κ1) is 18.2. The number of amides is 1. The molecular formula is C17H23ClN4O2S. The van der Waals surface area contributed by atoms with Crippen LogP contribution in [0.15, 0.2) is 11.4 Å². The Kier molecular flexibility index (Phi) is 5.34. The third-order valence-electron chi connectivity index (χ3n) is 4.09. The van der Waals surface area contributed by atoms with Crippen molar-refractivity contribution < 1.29 is 9.53 Å². The van der Waals surface area contributed by atoms with Crippen molar-refractivity contribution in [2.75, 3.05) is 5.32 Å². The minimum absolute atomic E-state index is 0.156. The van der Waals surface area contributed by atoms with Crippen LogP contribution in [0.2, 0.25) is 5.28 Å². The Bertz CT molecular complexity index is 751. The summed E-state index contributed by atoms with van der Waals surface area (Å²) in [5.74, 6) is 0.791. The summed E-state index contributed by atoms with van der Waals surface area (Å²) in [6, 6.07) is 2.47. The lowest BCUT2D eigenvalue weighted by Gasteiger charge is -2.30. The average molecular weight is 383 g/mol. The summed E-state index contributed by atoms with van der Waals surface area (Å²) in [5.41, 5.74) is -0.471. The molecule has 0 aromatic carbocycles. The smallest absolute Gasteiger partial charge is 0.407 e. The molecule has 6 nitrogen and oxygen atoms in total. The molecule has 1 aliphatic carbocycles. The van der Waals surface area contributed by atoms with Crippen LogP contribution in [0.5, 0.6) is 0 Å². The van der Waals surface area contributed by atoms with E-state index in [0.29, 0.717) is 6.04 Å². The van der Waals surface area contributed by atoms with E-state index in [1.165, 1.54) is 0 Å². The maximum Gasteiger partial charge on any atom is 0.407 e. The van der Waals surface area contributed by atoms with Gasteiger partial charge in [0.1, 0.15) is 16.2 Å². The number of anilines is 1. The fraction of sp³-hybridized carbons (Fsp3) is 0.588. The molecule has 2 heterocycles. The number of aromatic nitrogens is 2. The molecular weight excluding hydrogens is 360 g/mol. The van der Waals surface area contributed by atoms with Crippen LogP contribution in [0.4, 0.5) is 10.6 Å². The number of halogens is 1. The zero-order chi connectivity index (χ0) is 18.0. The van der Waals surface area contributed by atoms with E-state index in [1.54, 1.807) is 11.3 Å². The van der Waals surface area contributed by atoms with E-state index in [-0.39, 0.29) is 17.4 Å². The van der Waals surface area contributed by atoms with Gasteiger partial charge >= 0.3 is 6.09 Å². The molecule has 2 aromatic heterocycles. The Morgan fingerprint density at radius 1 is 1.24 bits per heavy atom. The molecule has 1 saturated carbocycles. The Hall–Kier alpha value is -1.60. The first-order chi connectivity index (χ1) is 11.8. The van der Waals surface area contributed by atoms with Crippen molar-refractivity contribution in [3.63, 3.8) is 0 Å². The van der Waals surface area contributed by atoms with Gasteiger partial charge in [0.2, 0.25) is 5.28 Å². The summed E-state index contributed by atoms with van der Waals surface area (Å²) in [7, 11) is 0. The molecule has 1 amide bonds. The molecule has 136 valence electrons. The molecule has 0 atom stereocenters. The van der Waals surface area contributed by atoms with Crippen molar-refractivity contribution in [3.8, 4) is 0 Å². The largest absolute Gasteiger partial charge is 0.444 e. The predicted octanol–water partition coefficient (Wildman–Crippen LogP) is 4.59. The van der Waals surface area contributed by atoms with Crippen LogP contribution in [0, 0.1) is 0 Å². The number of nitrogens with zero attached hydrogens (tertiary/aromatic N) is 2. The third kappa shape index (κ3) is 4.95. The number of hydrogen-bond acceptors (Lipinski definition) is 6. The minimum Gasteiger partial charge on any atom is -0.444 e. The third-order valence-corrected chi connectivity index (χ3v) is 5.06. The lowest BCUT2D eigenvalue weighted by atomic mass is 9.91. The van der Waals surface area contributed by atoms with Crippen LogP contribution >= 0.6 is 22.9 Å². The van der Waals surface area contributed by atoms with E-state index < -0.39 is 5.60 Å². The van der Waals surface area contributed by atoms with E-state index in [0.717, 1.165) is 41.7 Å². The van der Waals surface area contributed by atoms with E-state index >= 15 is 0 Å². The Morgan fingerprint density at radius 3 is 2.60 bits per heavy atom. The molecule has 3 rings (SSSR count). The van der Waals surface area contributed by atoms with Crippen molar-refractivity contribution in [3.05, 3.63) is 16.7 Å². The average Bonchev–Trinajstić information content (AvgIpc) is 2.95. The van der Waals surface area contributed by atoms with Crippen LogP contribution in [0.25, 0.3) is 10.2 Å². The zero-order valence-corrected chi connectivity index (χ0v) is 16.2. The standard InChI is InChI=1S/C17H23ClN4O2S/c1-17(2,3)24-16(23)20-11-6-4-10(5-7-11)19-13-12-8-9-25-14(12)22-15(18)21-13/h8-11H,4-7H2,1-3H3,(H,20,23)(H,19,21,22)/t10-,11+. The van der Waals surface area contributed by atoms with Gasteiger partial charge in [0.15, 0.2) is 0 Å². The molecule has 1 fully saturated rings. The van der Waals surface area contributed by atoms with E-state index in [9.17, 15) is 4.79 Å². The van der Waals surface area contributed by atoms with Gasteiger partial charge in [0.25, 0.3) is 0 Å². The fourth-order valence-electron chi connectivity index (χ4n) is 2.99. The van der Waals surface area contributed by atoms with Crippen molar-refractivity contribution in [2.45, 2.75) is 64.1 Å². The Balaban J connectivity index is 1.54. The molecule has 25 heavy (non-hydrogen) atoms. The van der Waals surface area contributed by atoms with Gasteiger partial charge in [-0.15, -0.1) is 11.3 Å². The van der Waals surface area contributed by atoms with Crippen molar-refractivity contribution in [1.82, 2.24) is 15.3 Å². The predicted molar refractivity (Wildman–Crippen MR) is 101 cm³/mol. The highest BCUT2D eigenvalue weighted by atomic mass is 35.5. The van der Waals surface area contributed by atoms with Gasteiger partial charge in [-0.2, -0.15) is 0 Å². The van der Waals surface area contributed by atoms with Crippen molar-refractivity contribution in [1.29, 1.82) is 0 Å². The highest BCUT2D eigenvalue weighted by molar-refractivity contribution is 7.16. The highest BCUT2D eigenvalue weighted by Gasteiger charge is 2.25. The van der Waals surface area contributed by atoms with Gasteiger partial charge in [-0.3, -0.25) is 0 Å². The lowest BCUT2D eigenvalue weighted by molar-refractivity contribution is 0.0492. The summed E-state index contributed by atoms with van der Waals surface area (Å²) < 4.78 is 5.32. The van der Waals surface area contributed by atoms with Gasteiger partial charge in [-0.05, 0) is 69.5 Å². The summed E-state index contributed by atoms with van der Waals surface area (Å²) >= 11 is 7.57. The first-order valence-corrected chi connectivity index (χ1v) is 9.73. The number of carbonyl (C=O) groups is 1. The van der Waals surface area contributed by atoms with Gasteiger partial charge in [0.05, 0.1) is 5.39 Å². The second-order valence-electron chi connectivity index (χ2n) is 7.32. The van der Waals surface area contributed by atoms with Crippen LogP contribution in [-0.2, 0) is 4.74 Å². The highest BCUT2D eigenvalue weighted by Crippen LogP contribution is 2.29. The van der Waals surface area contributed by atoms with E-state index in [1.807, 2.05) is 32.2 Å². The van der Waals surface area contributed by atoms with E-state index in [4.69, 9.17) is 16.3 Å². The SMILES string of the molecule is CC(C)(C)OC(=O)N[C@H]1CC[C@@H](Nc2nc(Cl)nc3sccc23)CC1. The van der Waals surface area contributed by atoms with Gasteiger partial charge in [-0.1, -0.05) is 0 Å². The lowest BCUT2D eigenvalue weighted by Crippen LogP contribution is -2.42. The molecule has 0 spiro atoms. The number of ether oxygens (including phenoxy) is 1. The molecule has 0 bridgehead atoms. The molecule has 2 aromatic rings. The van der Waals surface area contributed by atoms with Crippen LogP contribution < -0.4 is 10.6 Å². The number of hydrogen-bond donors (Lipinski definition) is 2. The van der Waals surface area contributed by atoms with Crippen LogP contribution in [0.3, 0.4) is 0 Å². The second kappa shape index (κ2) is 7.33. The second-order valence-corrected chi connectivity index (χ2v) is 8.55. The van der Waals surface area contributed by atoms with E-state index in [2.05, 4.69) is 20.6 Å². The molecule has 0 saturated heterocycles. The quantitative estimate of drug-likeness (QED) is 0.759. The molecule has 0 radical (unpaired) electrons.